The zero-order valence-electron chi connectivity index (χ0n) is 32.0. The molecule has 0 aliphatic rings. The van der Waals surface area contributed by atoms with Crippen LogP contribution in [0, 0.1) is 0 Å². The lowest BCUT2D eigenvalue weighted by atomic mass is 10.0. The van der Waals surface area contributed by atoms with Crippen molar-refractivity contribution in [3.63, 3.8) is 0 Å². The predicted molar refractivity (Wildman–Crippen MR) is 246 cm³/mol. The number of aromatic nitrogens is 2. The number of benzene rings is 9. The average Bonchev–Trinajstić information content (AvgIpc) is 3.86. The first-order valence-electron chi connectivity index (χ1n) is 20.0. The van der Waals surface area contributed by atoms with E-state index in [0.29, 0.717) is 0 Å². The van der Waals surface area contributed by atoms with Crippen molar-refractivity contribution in [1.29, 1.82) is 0 Å². The maximum Gasteiger partial charge on any atom is 0.161 e. The summed E-state index contributed by atoms with van der Waals surface area (Å²) in [6, 6.07) is 73.9. The molecule has 12 rings (SSSR count). The van der Waals surface area contributed by atoms with Crippen LogP contribution in [-0.4, -0.2) is 9.55 Å². The molecule has 0 radical (unpaired) electrons. The first-order chi connectivity index (χ1) is 29.2. The van der Waals surface area contributed by atoms with E-state index in [1.807, 2.05) is 30.5 Å². The molecule has 9 aromatic carbocycles. The number of rotatable bonds is 6. The Morgan fingerprint density at radius 3 is 1.90 bits per heavy atom. The second kappa shape index (κ2) is 13.3. The smallest absolute Gasteiger partial charge is 0.161 e. The first-order valence-corrected chi connectivity index (χ1v) is 20.0. The molecular weight excluding hydrogens is 719 g/mol. The molecule has 3 aromatic heterocycles. The first kappa shape index (κ1) is 33.2. The van der Waals surface area contributed by atoms with E-state index in [1.165, 1.54) is 43.4 Å². The topological polar surface area (TPSA) is 34.2 Å². The number of nitrogens with zero attached hydrogens (tertiary/aromatic N) is 3. The van der Waals surface area contributed by atoms with Gasteiger partial charge in [0.05, 0.1) is 11.0 Å². The molecular formula is C55H35N3O. The van der Waals surface area contributed by atoms with Crippen LogP contribution in [0.15, 0.2) is 217 Å². The van der Waals surface area contributed by atoms with Gasteiger partial charge in [0.2, 0.25) is 0 Å². The van der Waals surface area contributed by atoms with Gasteiger partial charge < -0.3 is 13.9 Å². The fraction of sp³-hybridized carbons (Fsp3) is 0. The van der Waals surface area contributed by atoms with E-state index in [2.05, 4.69) is 191 Å². The van der Waals surface area contributed by atoms with Crippen molar-refractivity contribution in [1.82, 2.24) is 9.55 Å². The van der Waals surface area contributed by atoms with Crippen LogP contribution in [0.3, 0.4) is 0 Å². The van der Waals surface area contributed by atoms with Crippen molar-refractivity contribution >= 4 is 82.4 Å². The number of hydrogen-bond acceptors (Lipinski definition) is 3. The molecule has 0 saturated heterocycles. The Morgan fingerprint density at radius 2 is 1.07 bits per heavy atom. The summed E-state index contributed by atoms with van der Waals surface area (Å²) < 4.78 is 8.78. The normalized spacial score (nSPS) is 11.7. The minimum atomic E-state index is 0.805. The summed E-state index contributed by atoms with van der Waals surface area (Å²) in [4.78, 5) is 7.12. The quantitative estimate of drug-likeness (QED) is 0.170. The van der Waals surface area contributed by atoms with Crippen molar-refractivity contribution in [3.05, 3.63) is 212 Å². The van der Waals surface area contributed by atoms with Gasteiger partial charge in [-0.3, -0.25) is 4.98 Å². The minimum absolute atomic E-state index is 0.805. The molecule has 4 heteroatoms. The fourth-order valence-corrected chi connectivity index (χ4v) is 9.01. The molecule has 0 spiro atoms. The van der Waals surface area contributed by atoms with Gasteiger partial charge in [0.1, 0.15) is 11.3 Å². The number of anilines is 3. The molecule has 0 unspecified atom stereocenters. The van der Waals surface area contributed by atoms with Crippen molar-refractivity contribution in [2.45, 2.75) is 0 Å². The number of hydrogen-bond donors (Lipinski definition) is 0. The highest BCUT2D eigenvalue weighted by Gasteiger charge is 2.18. The van der Waals surface area contributed by atoms with E-state index in [9.17, 15) is 0 Å². The summed E-state index contributed by atoms with van der Waals surface area (Å²) in [5.41, 5.74) is 12.6. The molecule has 0 atom stereocenters. The maximum atomic E-state index is 6.35. The Hall–Kier alpha value is -7.95. The summed E-state index contributed by atoms with van der Waals surface area (Å²) in [5.74, 6) is 0. The molecule has 276 valence electrons. The highest BCUT2D eigenvalue weighted by Crippen LogP contribution is 2.41. The molecule has 0 amide bonds. The Kier molecular flexibility index (Phi) is 7.50. The monoisotopic (exact) mass is 753 g/mol. The average molecular weight is 754 g/mol. The Bertz CT molecular complexity index is 3560. The van der Waals surface area contributed by atoms with E-state index in [4.69, 9.17) is 9.40 Å². The van der Waals surface area contributed by atoms with E-state index in [1.54, 1.807) is 0 Å². The number of fused-ring (bicyclic) bond motifs is 9. The Balaban J connectivity index is 0.948. The summed E-state index contributed by atoms with van der Waals surface area (Å²) >= 11 is 0. The Morgan fingerprint density at radius 1 is 0.407 bits per heavy atom. The molecule has 4 nitrogen and oxygen atoms in total. The van der Waals surface area contributed by atoms with Gasteiger partial charge in [-0.05, 0) is 94.0 Å². The molecule has 0 bridgehead atoms. The lowest BCUT2D eigenvalue weighted by Gasteiger charge is -2.26. The van der Waals surface area contributed by atoms with Crippen molar-refractivity contribution in [2.75, 3.05) is 4.90 Å². The second-order valence-corrected chi connectivity index (χ2v) is 15.2. The summed E-state index contributed by atoms with van der Waals surface area (Å²) in [6.45, 7) is 0. The summed E-state index contributed by atoms with van der Waals surface area (Å²) in [5, 5.41) is 9.58. The molecule has 0 aliphatic carbocycles. The van der Waals surface area contributed by atoms with Crippen molar-refractivity contribution in [2.24, 2.45) is 0 Å². The van der Waals surface area contributed by atoms with E-state index < -0.39 is 0 Å². The number of pyridine rings is 1. The highest BCUT2D eigenvalue weighted by atomic mass is 16.3. The van der Waals surface area contributed by atoms with E-state index in [0.717, 1.165) is 67.1 Å². The van der Waals surface area contributed by atoms with Gasteiger partial charge in [-0.1, -0.05) is 140 Å². The van der Waals surface area contributed by atoms with Crippen molar-refractivity contribution < 1.29 is 4.42 Å². The number of para-hydroxylation sites is 2. The predicted octanol–water partition coefficient (Wildman–Crippen LogP) is 15.2. The van der Waals surface area contributed by atoms with Crippen LogP contribution in [-0.2, 0) is 0 Å². The van der Waals surface area contributed by atoms with Crippen LogP contribution in [0.25, 0.3) is 93.4 Å². The highest BCUT2D eigenvalue weighted by molar-refractivity contribution is 6.18. The van der Waals surface area contributed by atoms with Crippen molar-refractivity contribution in [3.8, 4) is 28.1 Å². The van der Waals surface area contributed by atoms with Crippen LogP contribution in [0.4, 0.5) is 17.1 Å². The van der Waals surface area contributed by atoms with E-state index in [-0.39, 0.29) is 0 Å². The zero-order chi connectivity index (χ0) is 38.9. The SMILES string of the molecule is c1cc(-c2ccc(N(c3ccc(-c4nccc5c4oc4ccccc45)cc3)c3ccc4ccccc4c3)cc2)cc(-n2c3ccccc3c3ccc4ccccc4c32)c1. The Labute approximate surface area is 340 Å². The zero-order valence-corrected chi connectivity index (χ0v) is 32.0. The molecule has 59 heavy (non-hydrogen) atoms. The molecule has 0 aliphatic heterocycles. The second-order valence-electron chi connectivity index (χ2n) is 15.2. The van der Waals surface area contributed by atoms with Crippen LogP contribution >= 0.6 is 0 Å². The van der Waals surface area contributed by atoms with Crippen LogP contribution < -0.4 is 4.90 Å². The third-order valence-corrected chi connectivity index (χ3v) is 11.8. The standard InChI is InChI=1S/C55H35N3O/c1-2-12-40-35-45(30-22-36(40)10-1)57(43-28-23-39(24-29-43)53-55-50(32-33-56-53)48-17-6-8-19-52(48)59-55)42-26-20-37(21-27-42)41-13-9-14-44(34-41)58-51-18-7-5-16-47(51)49-31-25-38-11-3-4-15-46(38)54(49)58/h1-35H. The van der Waals surface area contributed by atoms with Gasteiger partial charge in [0.15, 0.2) is 5.58 Å². The van der Waals surface area contributed by atoms with Gasteiger partial charge >= 0.3 is 0 Å². The molecule has 0 fully saturated rings. The van der Waals surface area contributed by atoms with Gasteiger partial charge in [-0.25, -0.2) is 0 Å². The maximum absolute atomic E-state index is 6.35. The van der Waals surface area contributed by atoms with E-state index >= 15 is 0 Å². The molecule has 12 aromatic rings. The summed E-state index contributed by atoms with van der Waals surface area (Å²) in [7, 11) is 0. The van der Waals surface area contributed by atoms with Gasteiger partial charge in [-0.2, -0.15) is 0 Å². The molecule has 0 N–H and O–H groups in total. The number of furan rings is 1. The fourth-order valence-electron chi connectivity index (χ4n) is 9.01. The lowest BCUT2D eigenvalue weighted by Crippen LogP contribution is -2.09. The largest absolute Gasteiger partial charge is 0.454 e. The third-order valence-electron chi connectivity index (χ3n) is 11.8. The van der Waals surface area contributed by atoms with Gasteiger partial charge in [0, 0.05) is 61.4 Å². The van der Waals surface area contributed by atoms with Crippen LogP contribution in [0.5, 0.6) is 0 Å². The molecule has 0 saturated carbocycles. The van der Waals surface area contributed by atoms with Gasteiger partial charge in [0.25, 0.3) is 0 Å². The molecule has 3 heterocycles. The van der Waals surface area contributed by atoms with Crippen LogP contribution in [0.2, 0.25) is 0 Å². The lowest BCUT2D eigenvalue weighted by molar-refractivity contribution is 0.668. The minimum Gasteiger partial charge on any atom is -0.454 e. The summed E-state index contributed by atoms with van der Waals surface area (Å²) in [6.07, 6.45) is 1.87. The third kappa shape index (κ3) is 5.42. The van der Waals surface area contributed by atoms with Crippen LogP contribution in [0.1, 0.15) is 0 Å². The van der Waals surface area contributed by atoms with Gasteiger partial charge in [-0.15, -0.1) is 0 Å².